The Bertz CT molecular complexity index is 377. The molecule has 4 nitrogen and oxygen atoms in total. The van der Waals surface area contributed by atoms with E-state index in [0.717, 1.165) is 11.3 Å². The van der Waals surface area contributed by atoms with Crippen molar-refractivity contribution >= 4 is 5.91 Å². The molecule has 0 radical (unpaired) electrons. The second-order valence-electron chi connectivity index (χ2n) is 4.23. The zero-order valence-corrected chi connectivity index (χ0v) is 10.6. The lowest BCUT2D eigenvalue weighted by Gasteiger charge is -2.17. The normalized spacial score (nSPS) is 13.9. The summed E-state index contributed by atoms with van der Waals surface area (Å²) in [7, 11) is 0. The van der Waals surface area contributed by atoms with E-state index in [9.17, 15) is 4.79 Å². The Morgan fingerprint density at radius 1 is 1.41 bits per heavy atom. The molecule has 1 unspecified atom stereocenters. The summed E-state index contributed by atoms with van der Waals surface area (Å²) in [6.45, 7) is 6.01. The Morgan fingerprint density at radius 2 is 2.06 bits per heavy atom. The standard InChI is InChI=1S/C13H20N2O2/c1-9-6-4-5-7-12(9)17-10(2)8-15-13(16)11(3)14/h4-7,10-11H,8,14H2,1-3H3,(H,15,16)/t10?,11-/m1/s1. The fraction of sp³-hybridized carbons (Fsp3) is 0.462. The van der Waals surface area contributed by atoms with Crippen LogP contribution >= 0.6 is 0 Å². The van der Waals surface area contributed by atoms with Crippen molar-refractivity contribution in [2.24, 2.45) is 5.73 Å². The van der Waals surface area contributed by atoms with E-state index in [1.807, 2.05) is 38.1 Å². The number of benzene rings is 1. The average molecular weight is 236 g/mol. The highest BCUT2D eigenvalue weighted by Crippen LogP contribution is 2.17. The SMILES string of the molecule is Cc1ccccc1OC(C)CNC(=O)[C@@H](C)N. The van der Waals surface area contributed by atoms with E-state index < -0.39 is 6.04 Å². The van der Waals surface area contributed by atoms with Gasteiger partial charge in [-0.2, -0.15) is 0 Å². The van der Waals surface area contributed by atoms with Crippen molar-refractivity contribution in [2.45, 2.75) is 32.9 Å². The van der Waals surface area contributed by atoms with E-state index in [1.54, 1.807) is 6.92 Å². The van der Waals surface area contributed by atoms with E-state index in [-0.39, 0.29) is 12.0 Å². The summed E-state index contributed by atoms with van der Waals surface area (Å²) < 4.78 is 5.72. The molecule has 1 aromatic carbocycles. The highest BCUT2D eigenvalue weighted by molar-refractivity contribution is 5.80. The number of aryl methyl sites for hydroxylation is 1. The highest BCUT2D eigenvalue weighted by atomic mass is 16.5. The highest BCUT2D eigenvalue weighted by Gasteiger charge is 2.10. The summed E-state index contributed by atoms with van der Waals surface area (Å²) in [5.41, 5.74) is 6.53. The monoisotopic (exact) mass is 236 g/mol. The number of carbonyl (C=O) groups is 1. The second kappa shape index (κ2) is 6.25. The molecule has 4 heteroatoms. The minimum absolute atomic E-state index is 0.0844. The van der Waals surface area contributed by atoms with Crippen LogP contribution in [0.1, 0.15) is 19.4 Å². The van der Waals surface area contributed by atoms with Crippen molar-refractivity contribution in [3.8, 4) is 5.75 Å². The number of amides is 1. The zero-order chi connectivity index (χ0) is 12.8. The Hall–Kier alpha value is -1.55. The molecular weight excluding hydrogens is 216 g/mol. The minimum atomic E-state index is -0.485. The van der Waals surface area contributed by atoms with Gasteiger partial charge in [0.2, 0.25) is 5.91 Å². The van der Waals surface area contributed by atoms with E-state index in [0.29, 0.717) is 6.54 Å². The van der Waals surface area contributed by atoms with Crippen molar-refractivity contribution in [3.63, 3.8) is 0 Å². The number of nitrogens with one attached hydrogen (secondary N) is 1. The number of carbonyl (C=O) groups excluding carboxylic acids is 1. The first kappa shape index (κ1) is 13.5. The third kappa shape index (κ3) is 4.44. The Morgan fingerprint density at radius 3 is 2.65 bits per heavy atom. The fourth-order valence-electron chi connectivity index (χ4n) is 1.35. The van der Waals surface area contributed by atoms with Crippen LogP contribution in [0.5, 0.6) is 5.75 Å². The molecule has 0 bridgehead atoms. The summed E-state index contributed by atoms with van der Waals surface area (Å²) in [5.74, 6) is 0.681. The van der Waals surface area contributed by atoms with Gasteiger partial charge >= 0.3 is 0 Å². The summed E-state index contributed by atoms with van der Waals surface area (Å²) in [5, 5.41) is 2.73. The molecule has 0 saturated carbocycles. The molecule has 0 heterocycles. The van der Waals surface area contributed by atoms with Gasteiger partial charge in [0.05, 0.1) is 12.6 Å². The molecular formula is C13H20N2O2. The van der Waals surface area contributed by atoms with Crippen LogP contribution < -0.4 is 15.8 Å². The van der Waals surface area contributed by atoms with Crippen molar-refractivity contribution in [1.82, 2.24) is 5.32 Å². The van der Waals surface area contributed by atoms with Crippen LogP contribution in [0, 0.1) is 6.92 Å². The Kier molecular flexibility index (Phi) is 4.97. The van der Waals surface area contributed by atoms with Crippen molar-refractivity contribution in [1.29, 1.82) is 0 Å². The first-order valence-corrected chi connectivity index (χ1v) is 5.76. The van der Waals surface area contributed by atoms with Crippen LogP contribution in [0.4, 0.5) is 0 Å². The molecule has 1 rings (SSSR count). The van der Waals surface area contributed by atoms with Gasteiger partial charge in [-0.3, -0.25) is 4.79 Å². The average Bonchev–Trinajstić information content (AvgIpc) is 2.29. The van der Waals surface area contributed by atoms with Crippen molar-refractivity contribution < 1.29 is 9.53 Å². The van der Waals surface area contributed by atoms with Gasteiger partial charge in [0.25, 0.3) is 0 Å². The molecule has 1 aromatic rings. The van der Waals surface area contributed by atoms with E-state index >= 15 is 0 Å². The van der Waals surface area contributed by atoms with Gasteiger partial charge in [-0.05, 0) is 32.4 Å². The fourth-order valence-corrected chi connectivity index (χ4v) is 1.35. The van der Waals surface area contributed by atoms with Crippen LogP contribution in [0.25, 0.3) is 0 Å². The molecule has 17 heavy (non-hydrogen) atoms. The largest absolute Gasteiger partial charge is 0.489 e. The van der Waals surface area contributed by atoms with E-state index in [4.69, 9.17) is 10.5 Å². The Labute approximate surface area is 102 Å². The number of hydrogen-bond acceptors (Lipinski definition) is 3. The summed E-state index contributed by atoms with van der Waals surface area (Å²) >= 11 is 0. The lowest BCUT2D eigenvalue weighted by molar-refractivity contribution is -0.122. The molecule has 0 spiro atoms. The maximum absolute atomic E-state index is 11.3. The van der Waals surface area contributed by atoms with Crippen LogP contribution in [-0.2, 0) is 4.79 Å². The van der Waals surface area contributed by atoms with Gasteiger partial charge in [0.15, 0.2) is 0 Å². The van der Waals surface area contributed by atoms with Gasteiger partial charge in [0, 0.05) is 0 Å². The van der Waals surface area contributed by atoms with Gasteiger partial charge < -0.3 is 15.8 Å². The molecule has 3 N–H and O–H groups in total. The zero-order valence-electron chi connectivity index (χ0n) is 10.6. The smallest absolute Gasteiger partial charge is 0.236 e. The predicted molar refractivity (Wildman–Crippen MR) is 67.9 cm³/mol. The maximum Gasteiger partial charge on any atom is 0.236 e. The third-order valence-corrected chi connectivity index (χ3v) is 2.40. The van der Waals surface area contributed by atoms with Crippen molar-refractivity contribution in [2.75, 3.05) is 6.54 Å². The summed E-state index contributed by atoms with van der Waals surface area (Å²) in [4.78, 5) is 11.3. The van der Waals surface area contributed by atoms with Crippen LogP contribution in [0.15, 0.2) is 24.3 Å². The van der Waals surface area contributed by atoms with Crippen LogP contribution in [-0.4, -0.2) is 24.6 Å². The van der Waals surface area contributed by atoms with Gasteiger partial charge in [-0.15, -0.1) is 0 Å². The first-order chi connectivity index (χ1) is 8.00. The number of hydrogen-bond donors (Lipinski definition) is 2. The van der Waals surface area contributed by atoms with Gasteiger partial charge in [-0.1, -0.05) is 18.2 Å². The molecule has 94 valence electrons. The molecule has 0 aromatic heterocycles. The summed E-state index contributed by atoms with van der Waals surface area (Å²) in [6, 6.07) is 7.31. The minimum Gasteiger partial charge on any atom is -0.489 e. The molecule has 0 aliphatic carbocycles. The lowest BCUT2D eigenvalue weighted by atomic mass is 10.2. The number of ether oxygens (including phenoxy) is 1. The molecule has 0 fully saturated rings. The van der Waals surface area contributed by atoms with Crippen LogP contribution in [0.3, 0.4) is 0 Å². The third-order valence-electron chi connectivity index (χ3n) is 2.40. The number of rotatable bonds is 5. The topological polar surface area (TPSA) is 64.3 Å². The number of nitrogens with two attached hydrogens (primary N) is 1. The molecule has 0 aliphatic heterocycles. The van der Waals surface area contributed by atoms with Crippen molar-refractivity contribution in [3.05, 3.63) is 29.8 Å². The van der Waals surface area contributed by atoms with Gasteiger partial charge in [-0.25, -0.2) is 0 Å². The van der Waals surface area contributed by atoms with Crippen LogP contribution in [0.2, 0.25) is 0 Å². The summed E-state index contributed by atoms with van der Waals surface area (Å²) in [6.07, 6.45) is -0.0844. The second-order valence-corrected chi connectivity index (χ2v) is 4.23. The molecule has 2 atom stereocenters. The molecule has 0 aliphatic rings. The lowest BCUT2D eigenvalue weighted by Crippen LogP contribution is -2.42. The number of para-hydroxylation sites is 1. The first-order valence-electron chi connectivity index (χ1n) is 5.76. The van der Waals surface area contributed by atoms with E-state index in [1.165, 1.54) is 0 Å². The molecule has 0 saturated heterocycles. The van der Waals surface area contributed by atoms with E-state index in [2.05, 4.69) is 5.32 Å². The maximum atomic E-state index is 11.3. The Balaban J connectivity index is 2.43. The van der Waals surface area contributed by atoms with Gasteiger partial charge in [0.1, 0.15) is 11.9 Å². The molecule has 1 amide bonds. The quantitative estimate of drug-likeness (QED) is 0.808. The predicted octanol–water partition coefficient (Wildman–Crippen LogP) is 1.23.